The molecule has 1 heterocycles. The van der Waals surface area contributed by atoms with E-state index < -0.39 is 15.8 Å². The fourth-order valence-corrected chi connectivity index (χ4v) is 2.87. The number of halogens is 1. The monoisotopic (exact) mass is 303 g/mol. The van der Waals surface area contributed by atoms with Crippen LogP contribution in [0.25, 0.3) is 0 Å². The molecule has 0 saturated carbocycles. The molecule has 2 rings (SSSR count). The Kier molecular flexibility index (Phi) is 4.95. The third-order valence-electron chi connectivity index (χ3n) is 3.16. The molecule has 0 aliphatic carbocycles. The van der Waals surface area contributed by atoms with Crippen LogP contribution in [0.4, 0.5) is 4.39 Å². The Labute approximate surface area is 117 Å². The van der Waals surface area contributed by atoms with Gasteiger partial charge in [0.1, 0.15) is 16.5 Å². The van der Waals surface area contributed by atoms with Crippen molar-refractivity contribution < 1.29 is 22.3 Å². The fourth-order valence-electron chi connectivity index (χ4n) is 2.19. The lowest BCUT2D eigenvalue weighted by Gasteiger charge is -2.12. The van der Waals surface area contributed by atoms with E-state index in [0.717, 1.165) is 44.4 Å². The van der Waals surface area contributed by atoms with Crippen molar-refractivity contribution in [2.24, 2.45) is 5.14 Å². The molecular weight excluding hydrogens is 285 g/mol. The topological polar surface area (TPSA) is 78.6 Å². The Balaban J connectivity index is 1.92. The average Bonchev–Trinajstić information content (AvgIpc) is 2.88. The molecule has 1 saturated heterocycles. The van der Waals surface area contributed by atoms with Crippen LogP contribution >= 0.6 is 0 Å². The summed E-state index contributed by atoms with van der Waals surface area (Å²) >= 11 is 0. The zero-order chi connectivity index (χ0) is 14.6. The molecule has 0 bridgehead atoms. The van der Waals surface area contributed by atoms with E-state index in [2.05, 4.69) is 0 Å². The van der Waals surface area contributed by atoms with Crippen LogP contribution in [-0.2, 0) is 14.8 Å². The van der Waals surface area contributed by atoms with E-state index in [0.29, 0.717) is 6.61 Å². The molecule has 1 aromatic rings. The number of benzene rings is 1. The summed E-state index contributed by atoms with van der Waals surface area (Å²) in [6.07, 6.45) is 4.01. The van der Waals surface area contributed by atoms with Gasteiger partial charge in [0, 0.05) is 6.61 Å². The largest absolute Gasteiger partial charge is 0.492 e. The Bertz CT molecular complexity index is 555. The highest BCUT2D eigenvalue weighted by molar-refractivity contribution is 7.89. The Hall–Kier alpha value is -1.18. The van der Waals surface area contributed by atoms with E-state index in [-0.39, 0.29) is 16.7 Å². The number of hydrogen-bond donors (Lipinski definition) is 1. The van der Waals surface area contributed by atoms with Crippen LogP contribution in [0, 0.1) is 5.82 Å². The second-order valence-electron chi connectivity index (χ2n) is 4.76. The molecule has 5 nitrogen and oxygen atoms in total. The van der Waals surface area contributed by atoms with Gasteiger partial charge in [-0.25, -0.2) is 17.9 Å². The maximum atomic E-state index is 13.1. The summed E-state index contributed by atoms with van der Waals surface area (Å²) in [7, 11) is -4.00. The number of sulfonamides is 1. The smallest absolute Gasteiger partial charge is 0.241 e. The zero-order valence-corrected chi connectivity index (χ0v) is 11.9. The molecule has 0 aromatic heterocycles. The Morgan fingerprint density at radius 1 is 1.45 bits per heavy atom. The summed E-state index contributed by atoms with van der Waals surface area (Å²) in [6.45, 7) is 1.15. The highest BCUT2D eigenvalue weighted by Crippen LogP contribution is 2.24. The van der Waals surface area contributed by atoms with Crippen molar-refractivity contribution in [3.8, 4) is 5.75 Å². The lowest BCUT2D eigenvalue weighted by atomic mass is 10.1. The van der Waals surface area contributed by atoms with Crippen molar-refractivity contribution in [3.63, 3.8) is 0 Å². The predicted octanol–water partition coefficient (Wildman–Crippen LogP) is 1.81. The minimum Gasteiger partial charge on any atom is -0.492 e. The molecular formula is C13H18FNO4S. The van der Waals surface area contributed by atoms with Crippen LogP contribution in [0.15, 0.2) is 23.1 Å². The molecule has 0 amide bonds. The number of hydrogen-bond acceptors (Lipinski definition) is 4. The van der Waals surface area contributed by atoms with E-state index >= 15 is 0 Å². The van der Waals surface area contributed by atoms with Crippen LogP contribution in [0.5, 0.6) is 5.75 Å². The maximum absolute atomic E-state index is 13.1. The third kappa shape index (κ3) is 4.16. The quantitative estimate of drug-likeness (QED) is 0.813. The average molecular weight is 303 g/mol. The SMILES string of the molecule is NS(=O)(=O)c1cc(F)ccc1OCCCC1CCCO1. The van der Waals surface area contributed by atoms with Crippen LogP contribution < -0.4 is 9.88 Å². The number of ether oxygens (including phenoxy) is 2. The lowest BCUT2D eigenvalue weighted by molar-refractivity contribution is 0.0980. The van der Waals surface area contributed by atoms with E-state index in [1.54, 1.807) is 0 Å². The van der Waals surface area contributed by atoms with E-state index in [4.69, 9.17) is 14.6 Å². The van der Waals surface area contributed by atoms with Crippen LogP contribution in [-0.4, -0.2) is 27.7 Å². The Morgan fingerprint density at radius 2 is 2.25 bits per heavy atom. The van der Waals surface area contributed by atoms with Gasteiger partial charge >= 0.3 is 0 Å². The van der Waals surface area contributed by atoms with E-state index in [1.807, 2.05) is 0 Å². The summed E-state index contributed by atoms with van der Waals surface area (Å²) in [4.78, 5) is -0.324. The molecule has 1 aliphatic heterocycles. The highest BCUT2D eigenvalue weighted by atomic mass is 32.2. The minimum absolute atomic E-state index is 0.0845. The first-order valence-corrected chi connectivity index (χ1v) is 8.08. The van der Waals surface area contributed by atoms with Gasteiger partial charge in [0.05, 0.1) is 12.7 Å². The molecule has 7 heteroatoms. The molecule has 112 valence electrons. The summed E-state index contributed by atoms with van der Waals surface area (Å²) in [5, 5.41) is 5.04. The summed E-state index contributed by atoms with van der Waals surface area (Å²) < 4.78 is 46.7. The summed E-state index contributed by atoms with van der Waals surface area (Å²) in [6, 6.07) is 3.29. The fraction of sp³-hybridized carbons (Fsp3) is 0.538. The molecule has 1 aromatic carbocycles. The highest BCUT2D eigenvalue weighted by Gasteiger charge is 2.17. The van der Waals surface area contributed by atoms with Gasteiger partial charge < -0.3 is 9.47 Å². The molecule has 1 unspecified atom stereocenters. The van der Waals surface area contributed by atoms with Gasteiger partial charge in [-0.15, -0.1) is 0 Å². The predicted molar refractivity (Wildman–Crippen MR) is 71.5 cm³/mol. The van der Waals surface area contributed by atoms with Crippen LogP contribution in [0.2, 0.25) is 0 Å². The second kappa shape index (κ2) is 6.51. The standard InChI is InChI=1S/C13H18FNO4S/c14-10-5-6-12(13(9-10)20(15,16)17)19-8-2-4-11-3-1-7-18-11/h5-6,9,11H,1-4,7-8H2,(H2,15,16,17). The third-order valence-corrected chi connectivity index (χ3v) is 4.10. The minimum atomic E-state index is -4.00. The van der Waals surface area contributed by atoms with Crippen molar-refractivity contribution >= 4 is 10.0 Å². The first kappa shape index (κ1) is 15.2. The number of nitrogens with two attached hydrogens (primary N) is 1. The van der Waals surface area contributed by atoms with Gasteiger partial charge in [0.15, 0.2) is 0 Å². The van der Waals surface area contributed by atoms with Crippen molar-refractivity contribution in [1.82, 2.24) is 0 Å². The Morgan fingerprint density at radius 3 is 2.90 bits per heavy atom. The second-order valence-corrected chi connectivity index (χ2v) is 6.29. The van der Waals surface area contributed by atoms with Gasteiger partial charge in [-0.3, -0.25) is 0 Å². The number of rotatable bonds is 6. The van der Waals surface area contributed by atoms with Gasteiger partial charge in [-0.2, -0.15) is 0 Å². The van der Waals surface area contributed by atoms with Crippen molar-refractivity contribution in [2.75, 3.05) is 13.2 Å². The van der Waals surface area contributed by atoms with E-state index in [9.17, 15) is 12.8 Å². The molecule has 1 atom stereocenters. The first-order chi connectivity index (χ1) is 9.47. The van der Waals surface area contributed by atoms with Gasteiger partial charge in [0.25, 0.3) is 0 Å². The lowest BCUT2D eigenvalue weighted by Crippen LogP contribution is -2.15. The first-order valence-electron chi connectivity index (χ1n) is 6.53. The van der Waals surface area contributed by atoms with Crippen LogP contribution in [0.3, 0.4) is 0 Å². The summed E-state index contributed by atoms with van der Waals surface area (Å²) in [5.74, 6) is -0.582. The molecule has 2 N–H and O–H groups in total. The van der Waals surface area contributed by atoms with Gasteiger partial charge in [-0.05, 0) is 43.9 Å². The van der Waals surface area contributed by atoms with Crippen molar-refractivity contribution in [1.29, 1.82) is 0 Å². The number of primary sulfonamides is 1. The van der Waals surface area contributed by atoms with Gasteiger partial charge in [0.2, 0.25) is 10.0 Å². The zero-order valence-electron chi connectivity index (χ0n) is 11.0. The molecule has 1 fully saturated rings. The molecule has 0 radical (unpaired) electrons. The van der Waals surface area contributed by atoms with Crippen LogP contribution in [0.1, 0.15) is 25.7 Å². The molecule has 20 heavy (non-hydrogen) atoms. The summed E-state index contributed by atoms with van der Waals surface area (Å²) in [5.41, 5.74) is 0. The van der Waals surface area contributed by atoms with Gasteiger partial charge in [-0.1, -0.05) is 0 Å². The molecule has 1 aliphatic rings. The molecule has 0 spiro atoms. The van der Waals surface area contributed by atoms with Crippen molar-refractivity contribution in [3.05, 3.63) is 24.0 Å². The van der Waals surface area contributed by atoms with Crippen molar-refractivity contribution in [2.45, 2.75) is 36.7 Å². The normalized spacial score (nSPS) is 19.2. The van der Waals surface area contributed by atoms with E-state index in [1.165, 1.54) is 6.07 Å². The maximum Gasteiger partial charge on any atom is 0.241 e.